The van der Waals surface area contributed by atoms with Crippen LogP contribution in [0.25, 0.3) is 0 Å². The Labute approximate surface area is 116 Å². The van der Waals surface area contributed by atoms with Gasteiger partial charge in [-0.1, -0.05) is 11.6 Å². The summed E-state index contributed by atoms with van der Waals surface area (Å²) >= 11 is 6.02. The third-order valence-corrected chi connectivity index (χ3v) is 3.01. The number of halogens is 1. The summed E-state index contributed by atoms with van der Waals surface area (Å²) in [6.07, 6.45) is 1.66. The minimum absolute atomic E-state index is 0.387. The number of hydrogen-bond donors (Lipinski definition) is 2. The molecule has 19 heavy (non-hydrogen) atoms. The Bertz CT molecular complexity index is 575. The molecule has 100 valence electrons. The highest BCUT2D eigenvalue weighted by molar-refractivity contribution is 6.32. The van der Waals surface area contributed by atoms with Gasteiger partial charge in [0.15, 0.2) is 5.15 Å². The van der Waals surface area contributed by atoms with E-state index in [2.05, 4.69) is 20.0 Å². The summed E-state index contributed by atoms with van der Waals surface area (Å²) in [6.45, 7) is 2.47. The zero-order valence-electron chi connectivity index (χ0n) is 10.7. The number of pyridine rings is 1. The topological polar surface area (TPSA) is 67.0 Å². The number of hydrogen-bond acceptors (Lipinski definition) is 4. The highest BCUT2D eigenvalue weighted by Crippen LogP contribution is 2.23. The molecule has 0 bridgehead atoms. The van der Waals surface area contributed by atoms with Gasteiger partial charge >= 0.3 is 5.97 Å². The number of anilines is 1. The van der Waals surface area contributed by atoms with Gasteiger partial charge in [-0.3, -0.25) is 0 Å². The van der Waals surface area contributed by atoms with E-state index in [1.54, 1.807) is 12.3 Å². The smallest absolute Gasteiger partial charge is 0.354 e. The fraction of sp³-hybridized carbons (Fsp3) is 0.231. The zero-order chi connectivity index (χ0) is 13.8. The number of esters is 1. The van der Waals surface area contributed by atoms with Crippen LogP contribution in [0, 0.1) is 6.92 Å². The Kier molecular flexibility index (Phi) is 4.06. The molecule has 6 heteroatoms. The summed E-state index contributed by atoms with van der Waals surface area (Å²) in [5.41, 5.74) is 3.09. The molecule has 0 fully saturated rings. The van der Waals surface area contributed by atoms with Crippen molar-refractivity contribution in [2.75, 3.05) is 12.4 Å². The molecule has 0 aliphatic rings. The fourth-order valence-electron chi connectivity index (χ4n) is 1.69. The Hall–Kier alpha value is -2.01. The van der Waals surface area contributed by atoms with E-state index in [9.17, 15) is 4.79 Å². The van der Waals surface area contributed by atoms with E-state index in [-0.39, 0.29) is 5.97 Å². The molecule has 0 amide bonds. The summed E-state index contributed by atoms with van der Waals surface area (Å²) in [7, 11) is 1.35. The molecule has 0 aliphatic heterocycles. The lowest BCUT2D eigenvalue weighted by Gasteiger charge is -2.09. The average molecular weight is 280 g/mol. The molecular weight excluding hydrogens is 266 g/mol. The summed E-state index contributed by atoms with van der Waals surface area (Å²) in [5, 5.41) is 3.62. The van der Waals surface area contributed by atoms with Crippen LogP contribution >= 0.6 is 11.6 Å². The van der Waals surface area contributed by atoms with E-state index in [0.717, 1.165) is 16.9 Å². The number of rotatable bonds is 4. The van der Waals surface area contributed by atoms with Crippen molar-refractivity contribution in [1.29, 1.82) is 0 Å². The molecule has 0 aromatic carbocycles. The van der Waals surface area contributed by atoms with Crippen molar-refractivity contribution >= 4 is 23.3 Å². The highest BCUT2D eigenvalue weighted by atomic mass is 35.5. The number of carbonyl (C=O) groups excluding carboxylic acids is 1. The van der Waals surface area contributed by atoms with Gasteiger partial charge in [0.25, 0.3) is 0 Å². The normalized spacial score (nSPS) is 10.3. The summed E-state index contributed by atoms with van der Waals surface area (Å²) in [5.74, 6) is -0.387. The minimum Gasteiger partial charge on any atom is -0.464 e. The van der Waals surface area contributed by atoms with Crippen molar-refractivity contribution < 1.29 is 9.53 Å². The van der Waals surface area contributed by atoms with Crippen LogP contribution in [0.2, 0.25) is 5.15 Å². The van der Waals surface area contributed by atoms with Crippen LogP contribution < -0.4 is 5.32 Å². The van der Waals surface area contributed by atoms with E-state index in [4.69, 9.17) is 11.6 Å². The number of methoxy groups -OCH3 is 1. The van der Waals surface area contributed by atoms with Crippen molar-refractivity contribution in [1.82, 2.24) is 9.97 Å². The lowest BCUT2D eigenvalue weighted by molar-refractivity contribution is 0.0594. The predicted octanol–water partition coefficient (Wildman–Crippen LogP) is 2.77. The Morgan fingerprint density at radius 2 is 2.26 bits per heavy atom. The van der Waals surface area contributed by atoms with Crippen LogP contribution in [0.1, 0.15) is 21.7 Å². The standard InChI is InChI=1S/C13H14ClN3O2/c1-8-5-6-15-12(14)11(8)16-7-9-3-4-10(17-9)13(18)19-2/h3-6,16-17H,7H2,1-2H3. The van der Waals surface area contributed by atoms with Crippen LogP contribution in [0.4, 0.5) is 5.69 Å². The van der Waals surface area contributed by atoms with Gasteiger partial charge in [0.05, 0.1) is 19.3 Å². The summed E-state index contributed by atoms with van der Waals surface area (Å²) < 4.78 is 4.63. The van der Waals surface area contributed by atoms with Gasteiger partial charge in [-0.2, -0.15) is 0 Å². The van der Waals surface area contributed by atoms with Crippen molar-refractivity contribution in [3.63, 3.8) is 0 Å². The van der Waals surface area contributed by atoms with E-state index in [1.807, 2.05) is 19.1 Å². The Morgan fingerprint density at radius 3 is 2.95 bits per heavy atom. The third-order valence-electron chi connectivity index (χ3n) is 2.72. The predicted molar refractivity (Wildman–Crippen MR) is 73.4 cm³/mol. The molecule has 5 nitrogen and oxygen atoms in total. The van der Waals surface area contributed by atoms with Gasteiger partial charge in [0.1, 0.15) is 5.69 Å². The number of H-pyrrole nitrogens is 1. The summed E-state index contributed by atoms with van der Waals surface area (Å²) in [4.78, 5) is 18.3. The van der Waals surface area contributed by atoms with Crippen LogP contribution in [0.3, 0.4) is 0 Å². The van der Waals surface area contributed by atoms with E-state index in [0.29, 0.717) is 17.4 Å². The van der Waals surface area contributed by atoms with E-state index >= 15 is 0 Å². The molecule has 2 heterocycles. The molecule has 0 aliphatic carbocycles. The number of aryl methyl sites for hydroxylation is 1. The van der Waals surface area contributed by atoms with Gasteiger partial charge in [0.2, 0.25) is 0 Å². The fourth-order valence-corrected chi connectivity index (χ4v) is 1.97. The molecule has 0 unspecified atom stereocenters. The van der Waals surface area contributed by atoms with E-state index < -0.39 is 0 Å². The second-order valence-electron chi connectivity index (χ2n) is 4.04. The highest BCUT2D eigenvalue weighted by Gasteiger charge is 2.09. The molecule has 0 radical (unpaired) electrons. The first kappa shape index (κ1) is 13.4. The van der Waals surface area contributed by atoms with Crippen molar-refractivity contribution in [3.05, 3.63) is 46.5 Å². The van der Waals surface area contributed by atoms with Gasteiger partial charge in [-0.15, -0.1) is 0 Å². The quantitative estimate of drug-likeness (QED) is 0.667. The maximum atomic E-state index is 11.3. The maximum absolute atomic E-state index is 11.3. The van der Waals surface area contributed by atoms with Gasteiger partial charge in [-0.05, 0) is 30.7 Å². The molecule has 0 spiro atoms. The monoisotopic (exact) mass is 279 g/mol. The first-order valence-electron chi connectivity index (χ1n) is 5.73. The van der Waals surface area contributed by atoms with Crippen LogP contribution in [-0.4, -0.2) is 23.0 Å². The molecule has 0 saturated heterocycles. The average Bonchev–Trinajstić information content (AvgIpc) is 2.86. The Balaban J connectivity index is 2.07. The molecule has 2 aromatic rings. The van der Waals surface area contributed by atoms with Gasteiger partial charge in [-0.25, -0.2) is 9.78 Å². The van der Waals surface area contributed by atoms with Gasteiger partial charge in [0, 0.05) is 11.9 Å². The number of nitrogens with zero attached hydrogens (tertiary/aromatic N) is 1. The number of aromatic amines is 1. The van der Waals surface area contributed by atoms with Crippen LogP contribution in [-0.2, 0) is 11.3 Å². The molecule has 0 saturated carbocycles. The molecule has 2 aromatic heterocycles. The largest absolute Gasteiger partial charge is 0.464 e. The molecule has 0 atom stereocenters. The molecular formula is C13H14ClN3O2. The summed E-state index contributed by atoms with van der Waals surface area (Å²) in [6, 6.07) is 5.38. The Morgan fingerprint density at radius 1 is 1.47 bits per heavy atom. The van der Waals surface area contributed by atoms with Crippen molar-refractivity contribution in [2.24, 2.45) is 0 Å². The van der Waals surface area contributed by atoms with E-state index in [1.165, 1.54) is 7.11 Å². The second kappa shape index (κ2) is 5.75. The number of ether oxygens (including phenoxy) is 1. The molecule has 2 rings (SSSR count). The SMILES string of the molecule is COC(=O)c1ccc(CNc2c(C)ccnc2Cl)[nH]1. The van der Waals surface area contributed by atoms with Crippen LogP contribution in [0.15, 0.2) is 24.4 Å². The lowest BCUT2D eigenvalue weighted by atomic mass is 10.2. The number of aromatic nitrogens is 2. The van der Waals surface area contributed by atoms with Crippen molar-refractivity contribution in [2.45, 2.75) is 13.5 Å². The third kappa shape index (κ3) is 3.06. The minimum atomic E-state index is -0.387. The number of nitrogens with one attached hydrogen (secondary N) is 2. The maximum Gasteiger partial charge on any atom is 0.354 e. The first-order chi connectivity index (χ1) is 9.11. The van der Waals surface area contributed by atoms with Crippen molar-refractivity contribution in [3.8, 4) is 0 Å². The number of carbonyl (C=O) groups is 1. The molecule has 2 N–H and O–H groups in total. The van der Waals surface area contributed by atoms with Gasteiger partial charge < -0.3 is 15.0 Å². The zero-order valence-corrected chi connectivity index (χ0v) is 11.4. The first-order valence-corrected chi connectivity index (χ1v) is 6.11. The lowest BCUT2D eigenvalue weighted by Crippen LogP contribution is -2.05. The second-order valence-corrected chi connectivity index (χ2v) is 4.39. The van der Waals surface area contributed by atoms with Crippen LogP contribution in [0.5, 0.6) is 0 Å².